The molecular formula is C28H40N2O6. The van der Waals surface area contributed by atoms with E-state index in [1.165, 1.54) is 7.11 Å². The summed E-state index contributed by atoms with van der Waals surface area (Å²) in [5.74, 6) is 1.08. The predicted octanol–water partition coefficient (Wildman–Crippen LogP) is 4.07. The minimum Gasteiger partial charge on any atom is -0.507 e. The van der Waals surface area contributed by atoms with E-state index in [1.54, 1.807) is 31.2 Å². The predicted molar refractivity (Wildman–Crippen MR) is 138 cm³/mol. The highest BCUT2D eigenvalue weighted by molar-refractivity contribution is 5.79. The number of nitrogens with zero attached hydrogens (tertiary/aromatic N) is 2. The van der Waals surface area contributed by atoms with E-state index in [2.05, 4.69) is 0 Å². The lowest BCUT2D eigenvalue weighted by atomic mass is 9.87. The number of rotatable bonds is 8. The van der Waals surface area contributed by atoms with Crippen LogP contribution in [0.2, 0.25) is 0 Å². The Morgan fingerprint density at radius 2 is 1.89 bits per heavy atom. The Kier molecular flexibility index (Phi) is 9.43. The molecule has 0 aromatic heterocycles. The Hall–Kier alpha value is -3.00. The summed E-state index contributed by atoms with van der Waals surface area (Å²) in [5, 5.41) is 10.8. The normalized spacial score (nSPS) is 23.1. The Balaban J connectivity index is 1.90. The summed E-state index contributed by atoms with van der Waals surface area (Å²) < 4.78 is 16.6. The molecule has 3 rings (SSSR count). The zero-order valence-electron chi connectivity index (χ0n) is 22.4. The van der Waals surface area contributed by atoms with Gasteiger partial charge in [-0.2, -0.15) is 0 Å². The van der Waals surface area contributed by atoms with Gasteiger partial charge in [0.2, 0.25) is 11.8 Å². The van der Waals surface area contributed by atoms with E-state index in [0.717, 1.165) is 24.1 Å². The summed E-state index contributed by atoms with van der Waals surface area (Å²) in [6.45, 7) is 7.08. The molecule has 198 valence electrons. The molecule has 3 unspecified atom stereocenters. The third-order valence-corrected chi connectivity index (χ3v) is 7.07. The van der Waals surface area contributed by atoms with Crippen LogP contribution in [0.4, 0.5) is 0 Å². The summed E-state index contributed by atoms with van der Waals surface area (Å²) in [4.78, 5) is 29.1. The first-order chi connectivity index (χ1) is 17.1. The highest BCUT2D eigenvalue weighted by Gasteiger charge is 2.29. The Morgan fingerprint density at radius 1 is 1.19 bits per heavy atom. The fourth-order valence-corrected chi connectivity index (χ4v) is 4.95. The van der Waals surface area contributed by atoms with Gasteiger partial charge in [-0.25, -0.2) is 0 Å². The number of piperidine rings is 1. The van der Waals surface area contributed by atoms with Gasteiger partial charge in [-0.05, 0) is 52.0 Å². The van der Waals surface area contributed by atoms with Crippen LogP contribution in [-0.2, 0) is 20.7 Å². The number of methoxy groups -OCH3 is 2. The topological polar surface area (TPSA) is 88.5 Å². The maximum absolute atomic E-state index is 13.4. The summed E-state index contributed by atoms with van der Waals surface area (Å²) in [6.07, 6.45) is 6.91. The summed E-state index contributed by atoms with van der Waals surface area (Å²) in [6, 6.07) is 3.30. The van der Waals surface area contributed by atoms with E-state index in [9.17, 15) is 14.7 Å². The van der Waals surface area contributed by atoms with Gasteiger partial charge in [-0.1, -0.05) is 11.6 Å². The molecule has 0 radical (unpaired) electrons. The molecule has 2 amide bonds. The molecule has 8 heteroatoms. The summed E-state index contributed by atoms with van der Waals surface area (Å²) >= 11 is 0. The molecule has 0 bridgehead atoms. The molecule has 3 atom stereocenters. The fraction of sp³-hybridized carbons (Fsp3) is 0.571. The quantitative estimate of drug-likeness (QED) is 0.579. The van der Waals surface area contributed by atoms with Crippen LogP contribution in [0.15, 0.2) is 35.6 Å². The van der Waals surface area contributed by atoms with E-state index in [1.807, 2.05) is 37.8 Å². The lowest BCUT2D eigenvalue weighted by Gasteiger charge is -2.36. The lowest BCUT2D eigenvalue weighted by molar-refractivity contribution is -0.143. The average Bonchev–Trinajstić information content (AvgIpc) is 2.84. The lowest BCUT2D eigenvalue weighted by Crippen LogP contribution is -2.48. The molecular weight excluding hydrogens is 460 g/mol. The number of benzene rings is 1. The number of morpholine rings is 1. The average molecular weight is 501 g/mol. The number of carbonyl (C=O) groups excluding carboxylic acids is 2. The number of phenols is 1. The summed E-state index contributed by atoms with van der Waals surface area (Å²) in [7, 11) is 4.89. The SMILES string of the molecule is COc1cc(O)c(CC(CC(=O)N2CC(C)OC(C)C2)C(C)=CC=C2CCCC(=O)N2C)c(OC)c1. The molecule has 36 heavy (non-hydrogen) atoms. The van der Waals surface area contributed by atoms with Crippen molar-refractivity contribution in [3.8, 4) is 17.2 Å². The Labute approximate surface area is 214 Å². The number of ether oxygens (including phenoxy) is 3. The van der Waals surface area contributed by atoms with Crippen LogP contribution in [-0.4, -0.2) is 73.3 Å². The number of hydrogen-bond acceptors (Lipinski definition) is 6. The van der Waals surface area contributed by atoms with Gasteiger partial charge >= 0.3 is 0 Å². The first kappa shape index (κ1) is 27.6. The van der Waals surface area contributed by atoms with E-state index >= 15 is 0 Å². The van der Waals surface area contributed by atoms with Gasteiger partial charge < -0.3 is 29.1 Å². The van der Waals surface area contributed by atoms with Crippen LogP contribution < -0.4 is 9.47 Å². The van der Waals surface area contributed by atoms with Crippen LogP contribution in [0.1, 0.15) is 52.0 Å². The minimum atomic E-state index is -0.180. The van der Waals surface area contributed by atoms with Crippen LogP contribution >= 0.6 is 0 Å². The maximum atomic E-state index is 13.4. The van der Waals surface area contributed by atoms with Crippen molar-refractivity contribution in [2.45, 2.75) is 65.1 Å². The van der Waals surface area contributed by atoms with Crippen molar-refractivity contribution in [1.29, 1.82) is 0 Å². The second-order valence-corrected chi connectivity index (χ2v) is 9.86. The van der Waals surface area contributed by atoms with Crippen LogP contribution in [0.3, 0.4) is 0 Å². The molecule has 2 aliphatic heterocycles. The van der Waals surface area contributed by atoms with E-state index in [-0.39, 0.29) is 42.1 Å². The number of aromatic hydroxyl groups is 1. The fourth-order valence-electron chi connectivity index (χ4n) is 4.95. The number of carbonyl (C=O) groups is 2. The number of allylic oxidation sites excluding steroid dienone is 4. The smallest absolute Gasteiger partial charge is 0.226 e. The highest BCUT2D eigenvalue weighted by atomic mass is 16.5. The Bertz CT molecular complexity index is 1010. The van der Waals surface area contributed by atoms with E-state index in [0.29, 0.717) is 43.0 Å². The van der Waals surface area contributed by atoms with Crippen molar-refractivity contribution in [2.75, 3.05) is 34.4 Å². The first-order valence-corrected chi connectivity index (χ1v) is 12.6. The van der Waals surface area contributed by atoms with Crippen LogP contribution in [0.5, 0.6) is 17.2 Å². The molecule has 8 nitrogen and oxygen atoms in total. The third kappa shape index (κ3) is 6.81. The molecule has 1 aromatic rings. The van der Waals surface area contributed by atoms with Crippen LogP contribution in [0, 0.1) is 5.92 Å². The molecule has 2 aliphatic rings. The van der Waals surface area contributed by atoms with Gasteiger partial charge in [0.25, 0.3) is 0 Å². The van der Waals surface area contributed by atoms with E-state index < -0.39 is 0 Å². The minimum absolute atomic E-state index is 0.0115. The standard InChI is InChI=1S/C28H40N2O6/c1-18(10-11-22-8-7-9-27(32)29(22)4)21(13-28(33)30-16-19(2)36-20(3)17-30)12-24-25(31)14-23(34-5)15-26(24)35-6/h10-11,14-15,19-21,31H,7-9,12-13,16-17H2,1-6H3. The largest absolute Gasteiger partial charge is 0.507 e. The van der Waals surface area contributed by atoms with E-state index in [4.69, 9.17) is 14.2 Å². The zero-order chi connectivity index (χ0) is 26.4. The van der Waals surface area contributed by atoms with Crippen molar-refractivity contribution in [3.63, 3.8) is 0 Å². The molecule has 0 aliphatic carbocycles. The van der Waals surface area contributed by atoms with Gasteiger partial charge in [-0.3, -0.25) is 9.59 Å². The van der Waals surface area contributed by atoms with Gasteiger partial charge in [-0.15, -0.1) is 0 Å². The Morgan fingerprint density at radius 3 is 2.53 bits per heavy atom. The number of hydrogen-bond donors (Lipinski definition) is 1. The molecule has 2 heterocycles. The zero-order valence-corrected chi connectivity index (χ0v) is 22.4. The van der Waals surface area contributed by atoms with Crippen molar-refractivity contribution < 1.29 is 28.9 Å². The van der Waals surface area contributed by atoms with Crippen molar-refractivity contribution in [1.82, 2.24) is 9.80 Å². The first-order valence-electron chi connectivity index (χ1n) is 12.6. The number of phenolic OH excluding ortho intramolecular Hbond substituents is 1. The molecule has 2 fully saturated rings. The molecule has 0 spiro atoms. The monoisotopic (exact) mass is 500 g/mol. The van der Waals surface area contributed by atoms with Crippen LogP contribution in [0.25, 0.3) is 0 Å². The summed E-state index contributed by atoms with van der Waals surface area (Å²) in [5.41, 5.74) is 2.59. The highest BCUT2D eigenvalue weighted by Crippen LogP contribution is 2.37. The number of amides is 2. The van der Waals surface area contributed by atoms with Gasteiger partial charge in [0.05, 0.1) is 26.4 Å². The van der Waals surface area contributed by atoms with Gasteiger partial charge in [0.15, 0.2) is 0 Å². The van der Waals surface area contributed by atoms with Crippen molar-refractivity contribution >= 4 is 11.8 Å². The van der Waals surface area contributed by atoms with Gasteiger partial charge in [0, 0.05) is 56.4 Å². The second-order valence-electron chi connectivity index (χ2n) is 9.86. The molecule has 1 N–H and O–H groups in total. The van der Waals surface area contributed by atoms with Crippen molar-refractivity contribution in [2.24, 2.45) is 5.92 Å². The number of likely N-dealkylation sites (tertiary alicyclic amines) is 1. The third-order valence-electron chi connectivity index (χ3n) is 7.07. The second kappa shape index (κ2) is 12.3. The molecule has 2 saturated heterocycles. The van der Waals surface area contributed by atoms with Crippen molar-refractivity contribution in [3.05, 3.63) is 41.1 Å². The maximum Gasteiger partial charge on any atom is 0.226 e. The molecule has 1 aromatic carbocycles. The molecule has 0 saturated carbocycles. The van der Waals surface area contributed by atoms with Gasteiger partial charge in [0.1, 0.15) is 17.2 Å².